The molecule has 0 heterocycles. The first-order chi connectivity index (χ1) is 9.10. The number of rotatable bonds is 4. The largest absolute Gasteiger partial charge is 0.370 e. The highest BCUT2D eigenvalue weighted by Crippen LogP contribution is 2.23. The molecule has 3 heteroatoms. The van der Waals surface area contributed by atoms with Crippen LogP contribution in [0.4, 0.5) is 5.69 Å². The van der Waals surface area contributed by atoms with Gasteiger partial charge in [0.25, 0.3) is 0 Å². The van der Waals surface area contributed by atoms with Gasteiger partial charge in [0.05, 0.1) is 0 Å². The fourth-order valence-electron chi connectivity index (χ4n) is 2.18. The normalized spacial score (nSPS) is 10.5. The Balaban J connectivity index is 2.15. The van der Waals surface area contributed by atoms with E-state index in [-0.39, 0.29) is 0 Å². The molecular formula is C16H17Br2N. The summed E-state index contributed by atoms with van der Waals surface area (Å²) in [5.74, 6) is 0. The lowest BCUT2D eigenvalue weighted by molar-refractivity contribution is 0.916. The maximum atomic E-state index is 3.50. The number of hydrogen-bond donors (Lipinski definition) is 0. The number of halogens is 2. The second-order valence-electron chi connectivity index (χ2n) is 4.74. The average molecular weight is 383 g/mol. The average Bonchev–Trinajstić information content (AvgIpc) is 2.41. The summed E-state index contributed by atoms with van der Waals surface area (Å²) in [5, 5.41) is 0.907. The Kier molecular flexibility index (Phi) is 5.06. The van der Waals surface area contributed by atoms with Crippen molar-refractivity contribution < 1.29 is 0 Å². The molecule has 2 rings (SSSR count). The van der Waals surface area contributed by atoms with Crippen LogP contribution in [0.3, 0.4) is 0 Å². The minimum Gasteiger partial charge on any atom is -0.370 e. The molecule has 0 saturated carbocycles. The summed E-state index contributed by atoms with van der Waals surface area (Å²) in [6.45, 7) is 3.08. The molecular weight excluding hydrogens is 366 g/mol. The molecule has 0 spiro atoms. The number of anilines is 1. The van der Waals surface area contributed by atoms with Gasteiger partial charge in [0.2, 0.25) is 0 Å². The van der Waals surface area contributed by atoms with Crippen LogP contribution in [0.25, 0.3) is 0 Å². The Labute approximate surface area is 131 Å². The molecule has 0 amide bonds. The van der Waals surface area contributed by atoms with Gasteiger partial charge in [-0.3, -0.25) is 0 Å². The second kappa shape index (κ2) is 6.58. The van der Waals surface area contributed by atoms with Gasteiger partial charge in [-0.05, 0) is 41.8 Å². The van der Waals surface area contributed by atoms with Crippen molar-refractivity contribution in [2.45, 2.75) is 18.8 Å². The van der Waals surface area contributed by atoms with Crippen LogP contribution in [0.2, 0.25) is 0 Å². The molecule has 0 aliphatic heterocycles. The predicted molar refractivity (Wildman–Crippen MR) is 90.1 cm³/mol. The van der Waals surface area contributed by atoms with Crippen molar-refractivity contribution in [2.75, 3.05) is 11.9 Å². The quantitative estimate of drug-likeness (QED) is 0.649. The first-order valence-electron chi connectivity index (χ1n) is 6.21. The summed E-state index contributed by atoms with van der Waals surface area (Å²) in [7, 11) is 2.14. The molecule has 0 aliphatic rings. The van der Waals surface area contributed by atoms with E-state index < -0.39 is 0 Å². The zero-order valence-electron chi connectivity index (χ0n) is 11.2. The van der Waals surface area contributed by atoms with Gasteiger partial charge in [0.15, 0.2) is 0 Å². The van der Waals surface area contributed by atoms with Crippen molar-refractivity contribution >= 4 is 37.5 Å². The van der Waals surface area contributed by atoms with E-state index in [1.807, 2.05) is 0 Å². The van der Waals surface area contributed by atoms with Crippen LogP contribution < -0.4 is 4.90 Å². The summed E-state index contributed by atoms with van der Waals surface area (Å²) in [5.41, 5.74) is 5.23. The van der Waals surface area contributed by atoms with Gasteiger partial charge >= 0.3 is 0 Å². The van der Waals surface area contributed by atoms with Gasteiger partial charge in [-0.1, -0.05) is 56.1 Å². The first kappa shape index (κ1) is 14.6. The minimum atomic E-state index is 0.907. The van der Waals surface area contributed by atoms with Crippen molar-refractivity contribution in [1.82, 2.24) is 0 Å². The molecule has 1 nitrogen and oxygen atoms in total. The molecule has 0 unspecified atom stereocenters. The highest BCUT2D eigenvalue weighted by atomic mass is 79.9. The highest BCUT2D eigenvalue weighted by molar-refractivity contribution is 9.10. The van der Waals surface area contributed by atoms with Crippen molar-refractivity contribution in [1.29, 1.82) is 0 Å². The second-order valence-corrected chi connectivity index (χ2v) is 6.21. The maximum absolute atomic E-state index is 3.50. The van der Waals surface area contributed by atoms with Crippen LogP contribution in [-0.2, 0) is 11.9 Å². The molecule has 2 aromatic carbocycles. The van der Waals surface area contributed by atoms with Crippen molar-refractivity contribution in [3.8, 4) is 0 Å². The van der Waals surface area contributed by atoms with Gasteiger partial charge < -0.3 is 4.90 Å². The molecule has 0 radical (unpaired) electrons. The number of nitrogens with zero attached hydrogens (tertiary/aromatic N) is 1. The highest BCUT2D eigenvalue weighted by Gasteiger charge is 2.06. The van der Waals surface area contributed by atoms with Crippen LogP contribution in [0.15, 0.2) is 46.9 Å². The third-order valence-corrected chi connectivity index (χ3v) is 4.34. The monoisotopic (exact) mass is 381 g/mol. The Morgan fingerprint density at radius 2 is 1.63 bits per heavy atom. The van der Waals surface area contributed by atoms with Crippen LogP contribution in [0.1, 0.15) is 16.7 Å². The zero-order chi connectivity index (χ0) is 13.8. The van der Waals surface area contributed by atoms with E-state index >= 15 is 0 Å². The van der Waals surface area contributed by atoms with Crippen molar-refractivity contribution in [3.63, 3.8) is 0 Å². The van der Waals surface area contributed by atoms with E-state index in [1.54, 1.807) is 0 Å². The molecule has 0 fully saturated rings. The molecule has 2 aromatic rings. The standard InChI is InChI=1S/C16H17Br2N/c1-12-9-14(10-17)5-8-16(12)19(2)11-13-3-6-15(18)7-4-13/h3-9H,10-11H2,1-2H3. The summed E-state index contributed by atoms with van der Waals surface area (Å²) < 4.78 is 1.12. The SMILES string of the molecule is Cc1cc(CBr)ccc1N(C)Cc1ccc(Br)cc1. The maximum Gasteiger partial charge on any atom is 0.0426 e. The first-order valence-corrected chi connectivity index (χ1v) is 8.12. The van der Waals surface area contributed by atoms with Crippen LogP contribution in [-0.4, -0.2) is 7.05 Å². The third kappa shape index (κ3) is 3.83. The number of hydrogen-bond acceptors (Lipinski definition) is 1. The van der Waals surface area contributed by atoms with E-state index in [4.69, 9.17) is 0 Å². The Bertz CT molecular complexity index is 549. The van der Waals surface area contributed by atoms with Gasteiger partial charge in [-0.15, -0.1) is 0 Å². The molecule has 0 N–H and O–H groups in total. The molecule has 100 valence electrons. The van der Waals surface area contributed by atoms with Gasteiger partial charge in [0.1, 0.15) is 0 Å². The smallest absolute Gasteiger partial charge is 0.0426 e. The van der Waals surface area contributed by atoms with Crippen LogP contribution in [0, 0.1) is 6.92 Å². The molecule has 0 saturated heterocycles. The van der Waals surface area contributed by atoms with E-state index in [2.05, 4.69) is 93.2 Å². The third-order valence-electron chi connectivity index (χ3n) is 3.16. The zero-order valence-corrected chi connectivity index (χ0v) is 14.3. The fourth-order valence-corrected chi connectivity index (χ4v) is 2.79. The lowest BCUT2D eigenvalue weighted by Gasteiger charge is -2.22. The van der Waals surface area contributed by atoms with Gasteiger partial charge in [0, 0.05) is 29.1 Å². The lowest BCUT2D eigenvalue weighted by Crippen LogP contribution is -2.17. The molecule has 0 bridgehead atoms. The Morgan fingerprint density at radius 1 is 1.00 bits per heavy atom. The molecule has 19 heavy (non-hydrogen) atoms. The molecule has 0 aromatic heterocycles. The van der Waals surface area contributed by atoms with E-state index in [9.17, 15) is 0 Å². The molecule has 0 atom stereocenters. The number of benzene rings is 2. The Morgan fingerprint density at radius 3 is 2.21 bits per heavy atom. The summed E-state index contributed by atoms with van der Waals surface area (Å²) >= 11 is 6.96. The molecule has 0 aliphatic carbocycles. The van der Waals surface area contributed by atoms with E-state index in [1.165, 1.54) is 22.4 Å². The topological polar surface area (TPSA) is 3.24 Å². The summed E-state index contributed by atoms with van der Waals surface area (Å²) in [6, 6.07) is 15.1. The summed E-state index contributed by atoms with van der Waals surface area (Å²) in [4.78, 5) is 2.29. The van der Waals surface area contributed by atoms with Crippen molar-refractivity contribution in [3.05, 3.63) is 63.6 Å². The Hall–Kier alpha value is -0.800. The van der Waals surface area contributed by atoms with Gasteiger partial charge in [-0.25, -0.2) is 0 Å². The van der Waals surface area contributed by atoms with Crippen LogP contribution in [0.5, 0.6) is 0 Å². The predicted octanol–water partition coefficient (Wildman–Crippen LogP) is 5.29. The number of aryl methyl sites for hydroxylation is 1. The van der Waals surface area contributed by atoms with Crippen molar-refractivity contribution in [2.24, 2.45) is 0 Å². The minimum absolute atomic E-state index is 0.907. The van der Waals surface area contributed by atoms with Gasteiger partial charge in [-0.2, -0.15) is 0 Å². The number of alkyl halides is 1. The lowest BCUT2D eigenvalue weighted by atomic mass is 10.1. The van der Waals surface area contributed by atoms with Crippen LogP contribution >= 0.6 is 31.9 Å². The summed E-state index contributed by atoms with van der Waals surface area (Å²) in [6.07, 6.45) is 0. The van der Waals surface area contributed by atoms with E-state index in [0.29, 0.717) is 0 Å². The fraction of sp³-hybridized carbons (Fsp3) is 0.250. The van der Waals surface area contributed by atoms with E-state index in [0.717, 1.165) is 16.3 Å².